The van der Waals surface area contributed by atoms with Gasteiger partial charge in [-0.15, -0.1) is 35.3 Å². The van der Waals surface area contributed by atoms with Gasteiger partial charge in [0.05, 0.1) is 16.8 Å². The first-order valence-electron chi connectivity index (χ1n) is 8.09. The molecule has 0 fully saturated rings. The Kier molecular flexibility index (Phi) is 9.99. The molecule has 1 atom stereocenters. The van der Waals surface area contributed by atoms with Crippen LogP contribution in [0.15, 0.2) is 35.3 Å². The zero-order chi connectivity index (χ0) is 17.4. The third-order valence-corrected chi connectivity index (χ3v) is 4.97. The van der Waals surface area contributed by atoms with Crippen molar-refractivity contribution >= 4 is 41.3 Å². The highest BCUT2D eigenvalue weighted by Crippen LogP contribution is 2.16. The summed E-state index contributed by atoms with van der Waals surface area (Å²) in [5, 5.41) is 7.81. The number of hydrogen-bond acceptors (Lipinski definition) is 4. The number of rotatable bonds is 7. The Labute approximate surface area is 171 Å². The van der Waals surface area contributed by atoms with Crippen LogP contribution in [0.1, 0.15) is 27.2 Å². The van der Waals surface area contributed by atoms with Crippen molar-refractivity contribution in [1.82, 2.24) is 15.6 Å². The number of aromatic nitrogens is 1. The lowest BCUT2D eigenvalue weighted by Gasteiger charge is -2.18. The molecule has 2 aromatic rings. The highest BCUT2D eigenvalue weighted by atomic mass is 127. The number of nitrogens with zero attached hydrogens (tertiary/aromatic N) is 2. The maximum atomic E-state index is 5.57. The molecule has 0 radical (unpaired) electrons. The molecule has 2 rings (SSSR count). The zero-order valence-corrected chi connectivity index (χ0v) is 18.4. The van der Waals surface area contributed by atoms with Crippen LogP contribution in [-0.4, -0.2) is 38.2 Å². The number of benzene rings is 1. The largest absolute Gasteiger partial charge is 0.375 e. The number of ether oxygens (including phenoxy) is 1. The molecule has 0 aliphatic heterocycles. The topological polar surface area (TPSA) is 58.5 Å². The van der Waals surface area contributed by atoms with Crippen molar-refractivity contribution in [3.63, 3.8) is 0 Å². The van der Waals surface area contributed by atoms with Crippen LogP contribution in [0.3, 0.4) is 0 Å². The maximum absolute atomic E-state index is 5.57. The maximum Gasteiger partial charge on any atom is 0.191 e. The minimum absolute atomic E-state index is 0. The van der Waals surface area contributed by atoms with Gasteiger partial charge in [0, 0.05) is 38.5 Å². The summed E-state index contributed by atoms with van der Waals surface area (Å²) in [4.78, 5) is 10.1. The Hall–Kier alpha value is -1.19. The summed E-state index contributed by atoms with van der Waals surface area (Å²) >= 11 is 1.76. The number of hydrogen-bond donors (Lipinski definition) is 2. The summed E-state index contributed by atoms with van der Waals surface area (Å²) in [5.74, 6) is 0.776. The number of thiazole rings is 1. The first-order chi connectivity index (χ1) is 11.6. The number of halogens is 1. The molecule has 1 unspecified atom stereocenters. The molecule has 1 aromatic carbocycles. The van der Waals surface area contributed by atoms with E-state index in [1.807, 2.05) is 18.2 Å². The van der Waals surface area contributed by atoms with Gasteiger partial charge >= 0.3 is 0 Å². The number of methoxy groups -OCH3 is 1. The Bertz CT molecular complexity index is 641. The van der Waals surface area contributed by atoms with E-state index >= 15 is 0 Å². The number of guanidine groups is 1. The lowest BCUT2D eigenvalue weighted by atomic mass is 10.1. The standard InChI is InChI=1S/C18H26N4OS.HI/c1-13-14(2)24-17(22-13)10-11-20-18(19-3)21-12-16(23-4)15-8-6-5-7-9-15;/h5-9,16H,10-12H2,1-4H3,(H2,19,20,21);1H. The van der Waals surface area contributed by atoms with Crippen LogP contribution in [-0.2, 0) is 11.2 Å². The number of nitrogens with one attached hydrogen (secondary N) is 2. The van der Waals surface area contributed by atoms with Crippen molar-refractivity contribution < 1.29 is 4.74 Å². The van der Waals surface area contributed by atoms with Crippen LogP contribution >= 0.6 is 35.3 Å². The SMILES string of the molecule is CN=C(NCCc1nc(C)c(C)s1)NCC(OC)c1ccccc1.I. The molecular formula is C18H27IN4OS. The third kappa shape index (κ3) is 6.91. The summed E-state index contributed by atoms with van der Waals surface area (Å²) in [6.07, 6.45) is 0.890. The van der Waals surface area contributed by atoms with Crippen molar-refractivity contribution in [3.05, 3.63) is 51.5 Å². The van der Waals surface area contributed by atoms with Gasteiger partial charge in [0.1, 0.15) is 0 Å². The summed E-state index contributed by atoms with van der Waals surface area (Å²) in [6.45, 7) is 5.63. The molecule has 0 aliphatic carbocycles. The fraction of sp³-hybridized carbons (Fsp3) is 0.444. The van der Waals surface area contributed by atoms with E-state index in [0.717, 1.165) is 35.2 Å². The summed E-state index contributed by atoms with van der Waals surface area (Å²) in [5.41, 5.74) is 2.28. The molecule has 0 amide bonds. The highest BCUT2D eigenvalue weighted by molar-refractivity contribution is 14.0. The molecule has 1 heterocycles. The van der Waals surface area contributed by atoms with Gasteiger partial charge in [0.15, 0.2) is 5.96 Å². The molecule has 138 valence electrons. The Morgan fingerprint density at radius 1 is 1.24 bits per heavy atom. The van der Waals surface area contributed by atoms with Crippen LogP contribution in [0, 0.1) is 13.8 Å². The van der Waals surface area contributed by atoms with Gasteiger partial charge in [0.25, 0.3) is 0 Å². The molecular weight excluding hydrogens is 447 g/mol. The van der Waals surface area contributed by atoms with Gasteiger partial charge in [-0.05, 0) is 19.4 Å². The van der Waals surface area contributed by atoms with Gasteiger partial charge in [0.2, 0.25) is 0 Å². The van der Waals surface area contributed by atoms with E-state index in [-0.39, 0.29) is 30.1 Å². The minimum Gasteiger partial charge on any atom is -0.375 e. The van der Waals surface area contributed by atoms with Gasteiger partial charge in [-0.3, -0.25) is 4.99 Å². The quantitative estimate of drug-likeness (QED) is 0.367. The van der Waals surface area contributed by atoms with E-state index < -0.39 is 0 Å². The van der Waals surface area contributed by atoms with Crippen LogP contribution in [0.5, 0.6) is 0 Å². The lowest BCUT2D eigenvalue weighted by molar-refractivity contribution is 0.106. The minimum atomic E-state index is -0.00554. The summed E-state index contributed by atoms with van der Waals surface area (Å²) < 4.78 is 5.57. The first-order valence-corrected chi connectivity index (χ1v) is 8.90. The molecule has 7 heteroatoms. The van der Waals surface area contributed by atoms with Crippen LogP contribution < -0.4 is 10.6 Å². The lowest BCUT2D eigenvalue weighted by Crippen LogP contribution is -2.40. The predicted octanol–water partition coefficient (Wildman–Crippen LogP) is 3.47. The monoisotopic (exact) mass is 474 g/mol. The normalized spacial score (nSPS) is 12.4. The molecule has 0 aliphatic rings. The molecule has 0 saturated heterocycles. The van der Waals surface area contributed by atoms with E-state index in [9.17, 15) is 0 Å². The van der Waals surface area contributed by atoms with Gasteiger partial charge in [-0.2, -0.15) is 0 Å². The fourth-order valence-corrected chi connectivity index (χ4v) is 3.28. The van der Waals surface area contributed by atoms with Gasteiger partial charge < -0.3 is 15.4 Å². The molecule has 0 spiro atoms. The van der Waals surface area contributed by atoms with E-state index in [1.165, 1.54) is 4.88 Å². The van der Waals surface area contributed by atoms with E-state index in [1.54, 1.807) is 25.5 Å². The Morgan fingerprint density at radius 3 is 2.52 bits per heavy atom. The molecule has 1 aromatic heterocycles. The van der Waals surface area contributed by atoms with Crippen molar-refractivity contribution in [1.29, 1.82) is 0 Å². The zero-order valence-electron chi connectivity index (χ0n) is 15.2. The van der Waals surface area contributed by atoms with Gasteiger partial charge in [-0.1, -0.05) is 30.3 Å². The molecule has 5 nitrogen and oxygen atoms in total. The average molecular weight is 474 g/mol. The fourth-order valence-electron chi connectivity index (χ4n) is 2.35. The second-order valence-corrected chi connectivity index (χ2v) is 6.80. The molecule has 0 bridgehead atoms. The number of aliphatic imine (C=N–C) groups is 1. The Morgan fingerprint density at radius 2 is 1.96 bits per heavy atom. The highest BCUT2D eigenvalue weighted by Gasteiger charge is 2.11. The van der Waals surface area contributed by atoms with Crippen molar-refractivity contribution in [2.24, 2.45) is 4.99 Å². The van der Waals surface area contributed by atoms with Crippen LogP contribution in [0.25, 0.3) is 0 Å². The summed E-state index contributed by atoms with van der Waals surface area (Å²) in [7, 11) is 3.50. The molecule has 25 heavy (non-hydrogen) atoms. The smallest absolute Gasteiger partial charge is 0.191 e. The average Bonchev–Trinajstić information content (AvgIpc) is 2.92. The van der Waals surface area contributed by atoms with E-state index in [4.69, 9.17) is 4.74 Å². The third-order valence-electron chi connectivity index (χ3n) is 3.84. The number of aryl methyl sites for hydroxylation is 2. The van der Waals surface area contributed by atoms with Crippen LogP contribution in [0.4, 0.5) is 0 Å². The molecule has 0 saturated carbocycles. The predicted molar refractivity (Wildman–Crippen MR) is 116 cm³/mol. The Balaban J connectivity index is 0.00000312. The second kappa shape index (κ2) is 11.4. The first kappa shape index (κ1) is 21.9. The van der Waals surface area contributed by atoms with Crippen molar-refractivity contribution in [2.45, 2.75) is 26.4 Å². The van der Waals surface area contributed by atoms with Crippen molar-refractivity contribution in [2.75, 3.05) is 27.2 Å². The second-order valence-electron chi connectivity index (χ2n) is 5.51. The summed E-state index contributed by atoms with van der Waals surface area (Å²) in [6, 6.07) is 10.2. The van der Waals surface area contributed by atoms with Gasteiger partial charge in [-0.25, -0.2) is 4.98 Å². The van der Waals surface area contributed by atoms with E-state index in [2.05, 4.69) is 46.6 Å². The van der Waals surface area contributed by atoms with Crippen LogP contribution in [0.2, 0.25) is 0 Å². The van der Waals surface area contributed by atoms with E-state index in [0.29, 0.717) is 6.54 Å². The van der Waals surface area contributed by atoms with Crippen molar-refractivity contribution in [3.8, 4) is 0 Å². The molecule has 2 N–H and O–H groups in total.